The largest absolute Gasteiger partial charge is 0.379 e. The predicted molar refractivity (Wildman–Crippen MR) is 149 cm³/mol. The van der Waals surface area contributed by atoms with Gasteiger partial charge in [0.05, 0.1) is 125 Å². The van der Waals surface area contributed by atoms with Crippen molar-refractivity contribution in [3.05, 3.63) is 0 Å². The molecule has 1 N–H and O–H groups in total. The Hall–Kier alpha value is -0.440. The van der Waals surface area contributed by atoms with Crippen LogP contribution in [0.4, 0.5) is 0 Å². The molecule has 0 bridgehead atoms. The van der Waals surface area contributed by atoms with E-state index in [-0.39, 0.29) is 0 Å². The standard InChI is InChI=1S/C28H57NO10/c1-2-3-4-9-30-10-11-31-12-13-32-14-15-33-16-17-34-18-19-35-20-21-36-22-23-37-24-25-38-26-27-39-28-5-7-29-8-6-28/h28-29H,2-27H2,1H3. The highest BCUT2D eigenvalue weighted by Gasteiger charge is 2.12. The highest BCUT2D eigenvalue weighted by molar-refractivity contribution is 4.67. The molecule has 234 valence electrons. The van der Waals surface area contributed by atoms with E-state index in [0.29, 0.717) is 125 Å². The Balaban J connectivity index is 1.60. The van der Waals surface area contributed by atoms with E-state index in [4.69, 9.17) is 47.4 Å². The van der Waals surface area contributed by atoms with Crippen LogP contribution in [0.1, 0.15) is 39.0 Å². The number of unbranched alkanes of at least 4 members (excludes halogenated alkanes) is 2. The summed E-state index contributed by atoms with van der Waals surface area (Å²) in [5, 5.41) is 3.33. The van der Waals surface area contributed by atoms with Crippen molar-refractivity contribution in [1.29, 1.82) is 0 Å². The topological polar surface area (TPSA) is 104 Å². The van der Waals surface area contributed by atoms with Crippen molar-refractivity contribution in [3.8, 4) is 0 Å². The Morgan fingerprint density at radius 1 is 0.410 bits per heavy atom. The maximum atomic E-state index is 5.78. The van der Waals surface area contributed by atoms with Crippen molar-refractivity contribution >= 4 is 0 Å². The number of rotatable bonds is 32. The molecule has 0 radical (unpaired) electrons. The molecule has 0 aromatic carbocycles. The van der Waals surface area contributed by atoms with Crippen LogP contribution in [0.2, 0.25) is 0 Å². The summed E-state index contributed by atoms with van der Waals surface area (Å²) in [5.41, 5.74) is 0. The molecule has 0 saturated carbocycles. The maximum Gasteiger partial charge on any atom is 0.0704 e. The van der Waals surface area contributed by atoms with Crippen LogP contribution in [0.25, 0.3) is 0 Å². The Morgan fingerprint density at radius 2 is 0.718 bits per heavy atom. The van der Waals surface area contributed by atoms with Crippen LogP contribution in [-0.4, -0.2) is 145 Å². The normalized spacial score (nSPS) is 14.4. The van der Waals surface area contributed by atoms with Gasteiger partial charge in [0.2, 0.25) is 0 Å². The third kappa shape index (κ3) is 28.9. The van der Waals surface area contributed by atoms with Gasteiger partial charge in [0.1, 0.15) is 0 Å². The molecule has 0 amide bonds. The zero-order valence-electron chi connectivity index (χ0n) is 24.5. The Morgan fingerprint density at radius 3 is 1.05 bits per heavy atom. The first-order valence-electron chi connectivity index (χ1n) is 15.0. The van der Waals surface area contributed by atoms with Gasteiger partial charge in [-0.25, -0.2) is 0 Å². The van der Waals surface area contributed by atoms with Crippen molar-refractivity contribution in [3.63, 3.8) is 0 Å². The molecule has 0 aromatic heterocycles. The zero-order chi connectivity index (χ0) is 27.7. The first-order valence-corrected chi connectivity index (χ1v) is 15.0. The fourth-order valence-corrected chi connectivity index (χ4v) is 3.55. The monoisotopic (exact) mass is 567 g/mol. The quantitative estimate of drug-likeness (QED) is 0.121. The Kier molecular flexibility index (Phi) is 30.1. The summed E-state index contributed by atoms with van der Waals surface area (Å²) in [4.78, 5) is 0. The van der Waals surface area contributed by atoms with Crippen LogP contribution < -0.4 is 5.32 Å². The van der Waals surface area contributed by atoms with Gasteiger partial charge in [-0.15, -0.1) is 0 Å². The SMILES string of the molecule is CCCCCOCCOCCOCCOCCOCCOCCOCCOCCOCCOC1CCNCC1. The lowest BCUT2D eigenvalue weighted by atomic mass is 10.1. The first-order chi connectivity index (χ1) is 19.4. The fraction of sp³-hybridized carbons (Fsp3) is 1.00. The molecule has 1 saturated heterocycles. The number of ether oxygens (including phenoxy) is 10. The molecule has 1 rings (SSSR count). The number of hydrogen-bond donors (Lipinski definition) is 1. The van der Waals surface area contributed by atoms with Crippen LogP contribution in [0, 0.1) is 0 Å². The summed E-state index contributed by atoms with van der Waals surface area (Å²) < 4.78 is 55.1. The molecule has 39 heavy (non-hydrogen) atoms. The van der Waals surface area contributed by atoms with Gasteiger partial charge in [0.15, 0.2) is 0 Å². The summed E-state index contributed by atoms with van der Waals surface area (Å²) in [6, 6.07) is 0. The second-order valence-electron chi connectivity index (χ2n) is 9.04. The summed E-state index contributed by atoms with van der Waals surface area (Å²) in [7, 11) is 0. The average molecular weight is 568 g/mol. The van der Waals surface area contributed by atoms with Crippen molar-refractivity contribution < 1.29 is 47.4 Å². The molecule has 0 spiro atoms. The van der Waals surface area contributed by atoms with Crippen LogP contribution in [0.15, 0.2) is 0 Å². The van der Waals surface area contributed by atoms with E-state index < -0.39 is 0 Å². The summed E-state index contributed by atoms with van der Waals surface area (Å²) in [5.74, 6) is 0. The summed E-state index contributed by atoms with van der Waals surface area (Å²) >= 11 is 0. The van der Waals surface area contributed by atoms with Gasteiger partial charge in [-0.05, 0) is 32.4 Å². The molecular formula is C28H57NO10. The maximum absolute atomic E-state index is 5.78. The third-order valence-corrected chi connectivity index (χ3v) is 5.74. The Bertz CT molecular complexity index is 458. The lowest BCUT2D eigenvalue weighted by molar-refractivity contribution is -0.0321. The number of piperidine rings is 1. The van der Waals surface area contributed by atoms with Gasteiger partial charge >= 0.3 is 0 Å². The van der Waals surface area contributed by atoms with Crippen molar-refractivity contribution in [2.24, 2.45) is 0 Å². The third-order valence-electron chi connectivity index (χ3n) is 5.74. The molecule has 1 fully saturated rings. The van der Waals surface area contributed by atoms with E-state index in [2.05, 4.69) is 12.2 Å². The van der Waals surface area contributed by atoms with Gasteiger partial charge in [0, 0.05) is 6.61 Å². The lowest BCUT2D eigenvalue weighted by Gasteiger charge is -2.22. The molecule has 0 atom stereocenters. The van der Waals surface area contributed by atoms with Crippen molar-refractivity contribution in [2.75, 3.05) is 139 Å². The molecule has 0 unspecified atom stereocenters. The number of nitrogens with one attached hydrogen (secondary N) is 1. The van der Waals surface area contributed by atoms with Crippen molar-refractivity contribution in [1.82, 2.24) is 5.32 Å². The van der Waals surface area contributed by atoms with E-state index in [1.165, 1.54) is 12.8 Å². The van der Waals surface area contributed by atoms with Gasteiger partial charge in [-0.1, -0.05) is 19.8 Å². The minimum absolute atomic E-state index is 0.378. The molecule has 1 aliphatic heterocycles. The predicted octanol–water partition coefficient (Wildman–Crippen LogP) is 2.09. The highest BCUT2D eigenvalue weighted by atomic mass is 16.6. The molecule has 1 heterocycles. The van der Waals surface area contributed by atoms with Gasteiger partial charge in [-0.3, -0.25) is 0 Å². The average Bonchev–Trinajstić information content (AvgIpc) is 2.96. The van der Waals surface area contributed by atoms with E-state index in [9.17, 15) is 0 Å². The smallest absolute Gasteiger partial charge is 0.0704 e. The van der Waals surface area contributed by atoms with E-state index >= 15 is 0 Å². The van der Waals surface area contributed by atoms with E-state index in [1.807, 2.05) is 0 Å². The second kappa shape index (κ2) is 32.1. The minimum atomic E-state index is 0.378. The highest BCUT2D eigenvalue weighted by Crippen LogP contribution is 2.06. The number of hydrogen-bond acceptors (Lipinski definition) is 11. The van der Waals surface area contributed by atoms with Crippen molar-refractivity contribution in [2.45, 2.75) is 45.1 Å². The molecule has 11 nitrogen and oxygen atoms in total. The van der Waals surface area contributed by atoms with Crippen LogP contribution >= 0.6 is 0 Å². The second-order valence-corrected chi connectivity index (χ2v) is 9.04. The van der Waals surface area contributed by atoms with Gasteiger partial charge in [0.25, 0.3) is 0 Å². The van der Waals surface area contributed by atoms with Crippen LogP contribution in [0.3, 0.4) is 0 Å². The van der Waals surface area contributed by atoms with Crippen LogP contribution in [0.5, 0.6) is 0 Å². The van der Waals surface area contributed by atoms with Gasteiger partial charge < -0.3 is 52.7 Å². The molecule has 0 aliphatic carbocycles. The summed E-state index contributed by atoms with van der Waals surface area (Å²) in [6.07, 6.45) is 6.11. The van der Waals surface area contributed by atoms with Crippen LogP contribution in [-0.2, 0) is 47.4 Å². The lowest BCUT2D eigenvalue weighted by Crippen LogP contribution is -2.33. The Labute approximate surface area is 236 Å². The van der Waals surface area contributed by atoms with Gasteiger partial charge in [-0.2, -0.15) is 0 Å². The molecular weight excluding hydrogens is 510 g/mol. The minimum Gasteiger partial charge on any atom is -0.379 e. The zero-order valence-corrected chi connectivity index (χ0v) is 24.5. The van der Waals surface area contributed by atoms with E-state index in [1.54, 1.807) is 0 Å². The molecule has 1 aliphatic rings. The molecule has 0 aromatic rings. The molecule has 11 heteroatoms. The summed E-state index contributed by atoms with van der Waals surface area (Å²) in [6.45, 7) is 15.3. The first kappa shape index (κ1) is 36.6. The van der Waals surface area contributed by atoms with E-state index in [0.717, 1.165) is 39.0 Å². The fourth-order valence-electron chi connectivity index (χ4n) is 3.55.